The highest BCUT2D eigenvalue weighted by atomic mass is 19.4. The molecule has 0 radical (unpaired) electrons. The highest BCUT2D eigenvalue weighted by Gasteiger charge is 2.41. The Balaban J connectivity index is 1.30. The summed E-state index contributed by atoms with van der Waals surface area (Å²) >= 11 is 0. The molecule has 2 aromatic carbocycles. The van der Waals surface area contributed by atoms with Gasteiger partial charge in [0.05, 0.1) is 30.8 Å². The van der Waals surface area contributed by atoms with Crippen LogP contribution in [0.2, 0.25) is 0 Å². The van der Waals surface area contributed by atoms with Gasteiger partial charge in [0.15, 0.2) is 0 Å². The SMILES string of the molecule is O=C(CCc1ccc(F)cc1)N1CCC2=C(C1)C(=O)N(Cc1ccc(C(F)(F)F)cc1)C1=NCCN12. The fourth-order valence-electron chi connectivity index (χ4n) is 4.82. The van der Waals surface area contributed by atoms with Crippen LogP contribution in [0.4, 0.5) is 17.6 Å². The van der Waals surface area contributed by atoms with Gasteiger partial charge in [0.1, 0.15) is 5.82 Å². The summed E-state index contributed by atoms with van der Waals surface area (Å²) in [4.78, 5) is 36.0. The minimum atomic E-state index is -4.43. The van der Waals surface area contributed by atoms with Crippen molar-refractivity contribution in [1.29, 1.82) is 0 Å². The summed E-state index contributed by atoms with van der Waals surface area (Å²) in [5.41, 5.74) is 2.05. The Bertz CT molecular complexity index is 1240. The van der Waals surface area contributed by atoms with E-state index in [-0.39, 0.29) is 37.1 Å². The monoisotopic (exact) mass is 500 g/mol. The summed E-state index contributed by atoms with van der Waals surface area (Å²) in [6, 6.07) is 10.8. The second-order valence-electron chi connectivity index (χ2n) is 9.04. The number of alkyl halides is 3. The van der Waals surface area contributed by atoms with Crippen LogP contribution in [0.15, 0.2) is 64.8 Å². The van der Waals surface area contributed by atoms with Gasteiger partial charge in [-0.3, -0.25) is 19.5 Å². The minimum Gasteiger partial charge on any atom is -0.338 e. The van der Waals surface area contributed by atoms with Crippen LogP contribution in [0.25, 0.3) is 0 Å². The van der Waals surface area contributed by atoms with E-state index in [0.717, 1.165) is 23.4 Å². The van der Waals surface area contributed by atoms with E-state index in [9.17, 15) is 27.2 Å². The Labute approximate surface area is 205 Å². The molecule has 10 heteroatoms. The molecule has 0 atom stereocenters. The first-order chi connectivity index (χ1) is 17.2. The summed E-state index contributed by atoms with van der Waals surface area (Å²) in [5, 5.41) is 0. The third kappa shape index (κ3) is 4.72. The molecule has 0 saturated carbocycles. The van der Waals surface area contributed by atoms with Crippen molar-refractivity contribution in [3.63, 3.8) is 0 Å². The first kappa shape index (κ1) is 24.0. The molecule has 0 aromatic heterocycles. The number of halogens is 4. The Morgan fingerprint density at radius 2 is 1.67 bits per heavy atom. The van der Waals surface area contributed by atoms with Crippen LogP contribution in [0, 0.1) is 5.82 Å². The Hall–Kier alpha value is -3.69. The van der Waals surface area contributed by atoms with Crippen LogP contribution >= 0.6 is 0 Å². The fraction of sp³-hybridized carbons (Fsp3) is 0.346. The second kappa shape index (κ2) is 9.40. The number of aliphatic imine (C=N–C) groups is 1. The predicted octanol–water partition coefficient (Wildman–Crippen LogP) is 3.98. The first-order valence-corrected chi connectivity index (χ1v) is 11.7. The number of rotatable bonds is 5. The lowest BCUT2D eigenvalue weighted by Gasteiger charge is -2.42. The van der Waals surface area contributed by atoms with Crippen molar-refractivity contribution >= 4 is 17.8 Å². The number of nitrogens with zero attached hydrogens (tertiary/aromatic N) is 4. The quantitative estimate of drug-likeness (QED) is 0.584. The maximum atomic E-state index is 13.5. The van der Waals surface area contributed by atoms with Gasteiger partial charge in [-0.2, -0.15) is 13.2 Å². The summed E-state index contributed by atoms with van der Waals surface area (Å²) in [6.07, 6.45) is -3.19. The lowest BCUT2D eigenvalue weighted by molar-refractivity contribution is -0.137. The van der Waals surface area contributed by atoms with Crippen molar-refractivity contribution in [2.75, 3.05) is 26.2 Å². The molecule has 0 N–H and O–H groups in total. The number of aryl methyl sites for hydroxylation is 1. The molecule has 0 spiro atoms. The Morgan fingerprint density at radius 1 is 0.972 bits per heavy atom. The van der Waals surface area contributed by atoms with Crippen LogP contribution in [-0.2, 0) is 28.7 Å². The number of hydrogen-bond donors (Lipinski definition) is 0. The number of guanidine groups is 1. The normalized spacial score (nSPS) is 17.8. The first-order valence-electron chi connectivity index (χ1n) is 11.7. The lowest BCUT2D eigenvalue weighted by atomic mass is 9.99. The molecule has 3 heterocycles. The van der Waals surface area contributed by atoms with E-state index in [0.29, 0.717) is 49.6 Å². The number of carbonyl (C=O) groups is 2. The largest absolute Gasteiger partial charge is 0.416 e. The van der Waals surface area contributed by atoms with Crippen molar-refractivity contribution in [1.82, 2.24) is 14.7 Å². The van der Waals surface area contributed by atoms with Crippen LogP contribution in [0.1, 0.15) is 29.5 Å². The minimum absolute atomic E-state index is 0.0849. The van der Waals surface area contributed by atoms with Crippen LogP contribution in [0.3, 0.4) is 0 Å². The molecule has 2 amide bonds. The van der Waals surface area contributed by atoms with Gasteiger partial charge in [0.2, 0.25) is 11.9 Å². The van der Waals surface area contributed by atoms with Crippen molar-refractivity contribution in [2.45, 2.75) is 32.0 Å². The van der Waals surface area contributed by atoms with E-state index in [2.05, 4.69) is 4.99 Å². The average molecular weight is 500 g/mol. The van der Waals surface area contributed by atoms with E-state index < -0.39 is 11.7 Å². The van der Waals surface area contributed by atoms with Crippen molar-refractivity contribution < 1.29 is 27.2 Å². The van der Waals surface area contributed by atoms with Gasteiger partial charge in [0.25, 0.3) is 5.91 Å². The van der Waals surface area contributed by atoms with Crippen molar-refractivity contribution in [2.24, 2.45) is 4.99 Å². The summed E-state index contributed by atoms with van der Waals surface area (Å²) in [6.45, 7) is 1.87. The van der Waals surface area contributed by atoms with Gasteiger partial charge in [-0.15, -0.1) is 0 Å². The van der Waals surface area contributed by atoms with Gasteiger partial charge in [0, 0.05) is 31.6 Å². The van der Waals surface area contributed by atoms with E-state index in [1.165, 1.54) is 29.2 Å². The van der Waals surface area contributed by atoms with Gasteiger partial charge in [-0.25, -0.2) is 4.39 Å². The molecule has 0 unspecified atom stereocenters. The smallest absolute Gasteiger partial charge is 0.338 e. The summed E-state index contributed by atoms with van der Waals surface area (Å²) in [7, 11) is 0. The third-order valence-corrected chi connectivity index (χ3v) is 6.72. The third-order valence-electron chi connectivity index (χ3n) is 6.72. The zero-order valence-corrected chi connectivity index (χ0v) is 19.4. The molecule has 0 aliphatic carbocycles. The Morgan fingerprint density at radius 3 is 2.36 bits per heavy atom. The molecule has 3 aliphatic rings. The molecule has 5 rings (SSSR count). The molecule has 2 aromatic rings. The molecular formula is C26H24F4N4O2. The zero-order valence-electron chi connectivity index (χ0n) is 19.4. The van der Waals surface area contributed by atoms with Gasteiger partial charge >= 0.3 is 6.18 Å². The molecular weight excluding hydrogens is 476 g/mol. The van der Waals surface area contributed by atoms with E-state index >= 15 is 0 Å². The fourth-order valence-corrected chi connectivity index (χ4v) is 4.82. The number of hydrogen-bond acceptors (Lipinski definition) is 4. The maximum Gasteiger partial charge on any atom is 0.416 e. The molecule has 3 aliphatic heterocycles. The van der Waals surface area contributed by atoms with Crippen molar-refractivity contribution in [3.8, 4) is 0 Å². The van der Waals surface area contributed by atoms with Crippen LogP contribution in [-0.4, -0.2) is 58.7 Å². The van der Waals surface area contributed by atoms with Crippen LogP contribution in [0.5, 0.6) is 0 Å². The van der Waals surface area contributed by atoms with Gasteiger partial charge in [-0.05, 0) is 41.8 Å². The summed E-state index contributed by atoms with van der Waals surface area (Å²) < 4.78 is 51.9. The second-order valence-corrected chi connectivity index (χ2v) is 9.04. The molecule has 0 bridgehead atoms. The number of benzene rings is 2. The van der Waals surface area contributed by atoms with Gasteiger partial charge < -0.3 is 9.80 Å². The van der Waals surface area contributed by atoms with E-state index in [1.807, 2.05) is 4.90 Å². The Kier molecular flexibility index (Phi) is 6.27. The van der Waals surface area contributed by atoms with Gasteiger partial charge in [-0.1, -0.05) is 24.3 Å². The summed E-state index contributed by atoms with van der Waals surface area (Å²) in [5.74, 6) is -0.191. The standard InChI is InChI=1S/C26H24F4N4O2/c27-20-8-3-17(4-9-20)5-10-23(35)32-13-11-22-21(16-32)24(36)34(25-31-12-14-33(22)25)15-18-1-6-19(7-2-18)26(28,29)30/h1-4,6-9H,5,10-16H2. The molecule has 6 nitrogen and oxygen atoms in total. The number of fused-ring (bicyclic) bond motifs is 2. The van der Waals surface area contributed by atoms with E-state index in [1.54, 1.807) is 17.0 Å². The highest BCUT2D eigenvalue weighted by molar-refractivity contribution is 6.10. The maximum absolute atomic E-state index is 13.5. The number of carbonyl (C=O) groups excluding carboxylic acids is 2. The molecule has 0 fully saturated rings. The van der Waals surface area contributed by atoms with Crippen LogP contribution < -0.4 is 0 Å². The molecule has 0 saturated heterocycles. The molecule has 36 heavy (non-hydrogen) atoms. The lowest BCUT2D eigenvalue weighted by Crippen LogP contribution is -2.54. The van der Waals surface area contributed by atoms with Crippen molar-refractivity contribution in [3.05, 3.63) is 82.3 Å². The predicted molar refractivity (Wildman–Crippen MR) is 124 cm³/mol. The topological polar surface area (TPSA) is 56.2 Å². The average Bonchev–Trinajstić information content (AvgIpc) is 3.35. The molecule has 188 valence electrons. The zero-order chi connectivity index (χ0) is 25.4. The number of amides is 2. The highest BCUT2D eigenvalue weighted by Crippen LogP contribution is 2.33. The van der Waals surface area contributed by atoms with E-state index in [4.69, 9.17) is 0 Å².